The lowest BCUT2D eigenvalue weighted by Crippen LogP contribution is -2.52. The summed E-state index contributed by atoms with van der Waals surface area (Å²) in [5.74, 6) is -1.93. The van der Waals surface area contributed by atoms with Gasteiger partial charge in [-0.25, -0.2) is 9.18 Å². The molecule has 0 saturated carbocycles. The molecule has 2 N–H and O–H groups in total. The van der Waals surface area contributed by atoms with Gasteiger partial charge < -0.3 is 20.2 Å². The molecule has 7 heteroatoms. The molecule has 1 saturated heterocycles. The summed E-state index contributed by atoms with van der Waals surface area (Å²) >= 11 is 0. The summed E-state index contributed by atoms with van der Waals surface area (Å²) in [5, 5.41) is 12.3. The first-order valence-corrected chi connectivity index (χ1v) is 10.8. The number of carbonyl (C=O) groups is 2. The maximum atomic E-state index is 13.2. The first-order valence-electron chi connectivity index (χ1n) is 10.8. The number of aryl methyl sites for hydroxylation is 1. The molecule has 0 aromatic heterocycles. The summed E-state index contributed by atoms with van der Waals surface area (Å²) in [5.41, 5.74) is 3.93. The second-order valence-corrected chi connectivity index (χ2v) is 8.33. The van der Waals surface area contributed by atoms with Crippen LogP contribution >= 0.6 is 0 Å². The van der Waals surface area contributed by atoms with E-state index in [1.807, 2.05) is 0 Å². The van der Waals surface area contributed by atoms with E-state index >= 15 is 0 Å². The Morgan fingerprint density at radius 2 is 1.73 bits per heavy atom. The van der Waals surface area contributed by atoms with Crippen LogP contribution in [0, 0.1) is 12.7 Å². The number of anilines is 3. The van der Waals surface area contributed by atoms with Crippen molar-refractivity contribution in [3.63, 3.8) is 0 Å². The predicted molar refractivity (Wildman–Crippen MR) is 128 cm³/mol. The van der Waals surface area contributed by atoms with Crippen molar-refractivity contribution in [3.05, 3.63) is 89.2 Å². The van der Waals surface area contributed by atoms with Gasteiger partial charge in [0.05, 0.1) is 16.9 Å². The molecular formula is C26H26FN3O3. The van der Waals surface area contributed by atoms with Crippen LogP contribution in [0.25, 0.3) is 0 Å². The highest BCUT2D eigenvalue weighted by atomic mass is 19.1. The molecule has 1 fully saturated rings. The zero-order chi connectivity index (χ0) is 23.5. The van der Waals surface area contributed by atoms with Crippen LogP contribution in [-0.4, -0.2) is 42.7 Å². The number of rotatable bonds is 5. The normalized spacial score (nSPS) is 15.9. The van der Waals surface area contributed by atoms with E-state index in [0.29, 0.717) is 24.3 Å². The summed E-state index contributed by atoms with van der Waals surface area (Å²) in [6.07, 6.45) is 0. The third-order valence-corrected chi connectivity index (χ3v) is 5.90. The van der Waals surface area contributed by atoms with Gasteiger partial charge in [0.1, 0.15) is 5.82 Å². The fraction of sp³-hybridized carbons (Fsp3) is 0.231. The molecule has 170 valence electrons. The summed E-state index contributed by atoms with van der Waals surface area (Å²) < 4.78 is 13.2. The molecule has 1 aliphatic heterocycles. The molecule has 0 radical (unpaired) electrons. The Morgan fingerprint density at radius 3 is 2.39 bits per heavy atom. The number of aromatic carboxylic acids is 1. The van der Waals surface area contributed by atoms with E-state index in [9.17, 15) is 19.1 Å². The van der Waals surface area contributed by atoms with Gasteiger partial charge in [-0.15, -0.1) is 0 Å². The van der Waals surface area contributed by atoms with E-state index in [2.05, 4.69) is 53.2 Å². The second-order valence-electron chi connectivity index (χ2n) is 8.33. The Labute approximate surface area is 192 Å². The summed E-state index contributed by atoms with van der Waals surface area (Å²) in [4.78, 5) is 28.8. The minimum Gasteiger partial charge on any atom is -0.478 e. The lowest BCUT2D eigenvalue weighted by atomic mass is 10.1. The van der Waals surface area contributed by atoms with Crippen molar-refractivity contribution >= 4 is 28.9 Å². The van der Waals surface area contributed by atoms with Crippen LogP contribution in [0.4, 0.5) is 21.5 Å². The number of hydrogen-bond acceptors (Lipinski definition) is 4. The summed E-state index contributed by atoms with van der Waals surface area (Å²) in [6.45, 7) is 6.43. The number of piperazine rings is 1. The molecule has 1 atom stereocenters. The number of halogens is 1. The van der Waals surface area contributed by atoms with Crippen molar-refractivity contribution in [3.8, 4) is 0 Å². The van der Waals surface area contributed by atoms with Gasteiger partial charge in [-0.05, 0) is 74.0 Å². The van der Waals surface area contributed by atoms with Crippen molar-refractivity contribution in [2.45, 2.75) is 19.9 Å². The molecule has 33 heavy (non-hydrogen) atoms. The minimum atomic E-state index is -1.07. The van der Waals surface area contributed by atoms with Crippen molar-refractivity contribution in [2.24, 2.45) is 0 Å². The largest absolute Gasteiger partial charge is 0.478 e. The molecule has 3 aromatic rings. The van der Waals surface area contributed by atoms with Gasteiger partial charge in [0.25, 0.3) is 5.91 Å². The van der Waals surface area contributed by atoms with Gasteiger partial charge in [0, 0.05) is 36.9 Å². The summed E-state index contributed by atoms with van der Waals surface area (Å²) in [6, 6.07) is 18.6. The van der Waals surface area contributed by atoms with E-state index < -0.39 is 17.7 Å². The molecule has 1 unspecified atom stereocenters. The lowest BCUT2D eigenvalue weighted by molar-refractivity contribution is 0.0696. The molecule has 1 heterocycles. The highest BCUT2D eigenvalue weighted by Crippen LogP contribution is 2.31. The molecule has 1 aliphatic rings. The molecule has 0 spiro atoms. The Kier molecular flexibility index (Phi) is 6.31. The van der Waals surface area contributed by atoms with E-state index in [1.165, 1.54) is 41.6 Å². The number of amides is 1. The van der Waals surface area contributed by atoms with E-state index in [1.54, 1.807) is 12.1 Å². The number of nitrogens with zero attached hydrogens (tertiary/aromatic N) is 2. The number of carbonyl (C=O) groups excluding carboxylic acids is 1. The van der Waals surface area contributed by atoms with Crippen molar-refractivity contribution in [1.82, 2.24) is 0 Å². The third kappa shape index (κ3) is 4.98. The SMILES string of the molecule is Cc1cccc(N2CCN(c3ccc(C(=O)O)cc3NC(=O)c3ccc(F)cc3)CC2C)c1. The van der Waals surface area contributed by atoms with Gasteiger partial charge in [-0.1, -0.05) is 12.1 Å². The average Bonchev–Trinajstić information content (AvgIpc) is 2.79. The fourth-order valence-corrected chi connectivity index (χ4v) is 4.21. The van der Waals surface area contributed by atoms with Crippen LogP contribution < -0.4 is 15.1 Å². The number of nitrogens with one attached hydrogen (secondary N) is 1. The quantitative estimate of drug-likeness (QED) is 0.588. The monoisotopic (exact) mass is 447 g/mol. The zero-order valence-electron chi connectivity index (χ0n) is 18.6. The zero-order valence-corrected chi connectivity index (χ0v) is 18.6. The van der Waals surface area contributed by atoms with E-state index in [-0.39, 0.29) is 11.6 Å². The van der Waals surface area contributed by atoms with Crippen LogP contribution in [0.3, 0.4) is 0 Å². The van der Waals surface area contributed by atoms with Gasteiger partial charge in [0.2, 0.25) is 0 Å². The van der Waals surface area contributed by atoms with Crippen LogP contribution in [-0.2, 0) is 0 Å². The average molecular weight is 448 g/mol. The number of carboxylic acids is 1. The maximum Gasteiger partial charge on any atom is 0.335 e. The van der Waals surface area contributed by atoms with Gasteiger partial charge in [0.15, 0.2) is 0 Å². The minimum absolute atomic E-state index is 0.0830. The second kappa shape index (κ2) is 9.32. The summed E-state index contributed by atoms with van der Waals surface area (Å²) in [7, 11) is 0. The van der Waals surface area contributed by atoms with Crippen LogP contribution in [0.15, 0.2) is 66.7 Å². The van der Waals surface area contributed by atoms with Crippen LogP contribution in [0.2, 0.25) is 0 Å². The molecular weight excluding hydrogens is 421 g/mol. The van der Waals surface area contributed by atoms with E-state index in [0.717, 1.165) is 12.2 Å². The number of hydrogen-bond donors (Lipinski definition) is 2. The van der Waals surface area contributed by atoms with Crippen LogP contribution in [0.1, 0.15) is 33.2 Å². The Hall–Kier alpha value is -3.87. The van der Waals surface area contributed by atoms with E-state index in [4.69, 9.17) is 0 Å². The molecule has 3 aromatic carbocycles. The Bertz CT molecular complexity index is 1180. The Balaban J connectivity index is 1.59. The van der Waals surface area contributed by atoms with Crippen LogP contribution in [0.5, 0.6) is 0 Å². The predicted octanol–water partition coefficient (Wildman–Crippen LogP) is 4.80. The van der Waals surface area contributed by atoms with Gasteiger partial charge in [-0.2, -0.15) is 0 Å². The highest BCUT2D eigenvalue weighted by Gasteiger charge is 2.26. The molecule has 4 rings (SSSR count). The third-order valence-electron chi connectivity index (χ3n) is 5.90. The lowest BCUT2D eigenvalue weighted by Gasteiger charge is -2.43. The molecule has 1 amide bonds. The number of benzene rings is 3. The van der Waals surface area contributed by atoms with Crippen molar-refractivity contribution in [1.29, 1.82) is 0 Å². The fourth-order valence-electron chi connectivity index (χ4n) is 4.21. The first-order chi connectivity index (χ1) is 15.8. The van der Waals surface area contributed by atoms with Crippen molar-refractivity contribution < 1.29 is 19.1 Å². The maximum absolute atomic E-state index is 13.2. The topological polar surface area (TPSA) is 72.9 Å². The highest BCUT2D eigenvalue weighted by molar-refractivity contribution is 6.06. The van der Waals surface area contributed by atoms with Gasteiger partial charge in [-0.3, -0.25) is 4.79 Å². The molecule has 0 aliphatic carbocycles. The van der Waals surface area contributed by atoms with Gasteiger partial charge >= 0.3 is 5.97 Å². The smallest absolute Gasteiger partial charge is 0.335 e. The number of carboxylic acid groups (broad SMARTS) is 1. The van der Waals surface area contributed by atoms with Crippen molar-refractivity contribution in [2.75, 3.05) is 34.8 Å². The first kappa shape index (κ1) is 22.3. The Morgan fingerprint density at radius 1 is 1.00 bits per heavy atom. The molecule has 0 bridgehead atoms. The standard InChI is InChI=1S/C26H26FN3O3/c1-17-4-3-5-22(14-17)30-13-12-29(16-18(30)2)24-11-8-20(26(32)33)15-23(24)28-25(31)19-6-9-21(27)10-7-19/h3-11,14-15,18H,12-13,16H2,1-2H3,(H,28,31)(H,32,33). The molecule has 6 nitrogen and oxygen atoms in total.